The van der Waals surface area contributed by atoms with Crippen LogP contribution < -0.4 is 5.32 Å². The smallest absolute Gasteiger partial charge is 0.288 e. The van der Waals surface area contributed by atoms with E-state index >= 15 is 0 Å². The van der Waals surface area contributed by atoms with Gasteiger partial charge in [0, 0.05) is 11.3 Å². The number of fused-ring (bicyclic) bond motifs is 1. The number of nitrogens with zero attached hydrogens (tertiary/aromatic N) is 4. The topological polar surface area (TPSA) is 88.5 Å². The summed E-state index contributed by atoms with van der Waals surface area (Å²) < 4.78 is 39.4. The van der Waals surface area contributed by atoms with Gasteiger partial charge >= 0.3 is 6.18 Å². The van der Waals surface area contributed by atoms with Gasteiger partial charge in [0.1, 0.15) is 0 Å². The summed E-state index contributed by atoms with van der Waals surface area (Å²) in [6.45, 7) is 0. The molecule has 0 saturated heterocycles. The van der Waals surface area contributed by atoms with Crippen LogP contribution in [0.5, 0.6) is 0 Å². The molecule has 134 valence electrons. The SMILES string of the molecule is O=C(Nc1n[nH]c(C(F)(F)F)n1)c1nn(-c2ccccc2)c2c1CCC2. The summed E-state index contributed by atoms with van der Waals surface area (Å²) in [5, 5.41) is 11.8. The van der Waals surface area contributed by atoms with Crippen LogP contribution in [0.2, 0.25) is 0 Å². The number of hydrogen-bond donors (Lipinski definition) is 2. The van der Waals surface area contributed by atoms with Crippen molar-refractivity contribution in [3.05, 3.63) is 53.1 Å². The molecule has 1 amide bonds. The number of para-hydroxylation sites is 1. The second-order valence-corrected chi connectivity index (χ2v) is 5.83. The summed E-state index contributed by atoms with van der Waals surface area (Å²) in [5.74, 6) is -2.35. The van der Waals surface area contributed by atoms with Crippen molar-refractivity contribution in [2.24, 2.45) is 0 Å². The van der Waals surface area contributed by atoms with Crippen molar-refractivity contribution in [2.75, 3.05) is 5.32 Å². The van der Waals surface area contributed by atoms with Crippen molar-refractivity contribution in [2.45, 2.75) is 25.4 Å². The molecule has 0 aliphatic heterocycles. The van der Waals surface area contributed by atoms with E-state index in [0.29, 0.717) is 6.42 Å². The number of carbonyl (C=O) groups excluding carboxylic acids is 1. The third-order valence-electron chi connectivity index (χ3n) is 4.13. The highest BCUT2D eigenvalue weighted by atomic mass is 19.4. The number of hydrogen-bond acceptors (Lipinski definition) is 4. The van der Waals surface area contributed by atoms with Crippen molar-refractivity contribution in [3.63, 3.8) is 0 Å². The molecular formula is C16H13F3N6O. The number of aromatic amines is 1. The molecule has 10 heteroatoms. The lowest BCUT2D eigenvalue weighted by Gasteiger charge is -2.04. The van der Waals surface area contributed by atoms with Gasteiger partial charge in [-0.05, 0) is 31.4 Å². The fourth-order valence-electron chi connectivity index (χ4n) is 3.01. The van der Waals surface area contributed by atoms with Crippen LogP contribution in [0.3, 0.4) is 0 Å². The lowest BCUT2D eigenvalue weighted by atomic mass is 10.2. The van der Waals surface area contributed by atoms with Gasteiger partial charge in [-0.2, -0.15) is 23.3 Å². The predicted octanol–water partition coefficient (Wildman–Crippen LogP) is 2.75. The molecular weight excluding hydrogens is 349 g/mol. The molecule has 0 radical (unpaired) electrons. The Morgan fingerprint density at radius 2 is 1.96 bits per heavy atom. The van der Waals surface area contributed by atoms with E-state index in [1.165, 1.54) is 0 Å². The van der Waals surface area contributed by atoms with E-state index in [9.17, 15) is 18.0 Å². The molecule has 1 aliphatic rings. The summed E-state index contributed by atoms with van der Waals surface area (Å²) in [5.41, 5.74) is 2.74. The number of amides is 1. The molecule has 26 heavy (non-hydrogen) atoms. The van der Waals surface area contributed by atoms with Crippen LogP contribution in [-0.4, -0.2) is 30.9 Å². The Balaban J connectivity index is 1.64. The highest BCUT2D eigenvalue weighted by molar-refractivity contribution is 6.03. The Hall–Kier alpha value is -3.17. The van der Waals surface area contributed by atoms with E-state index in [1.807, 2.05) is 30.3 Å². The molecule has 7 nitrogen and oxygen atoms in total. The number of carbonyl (C=O) groups is 1. The van der Waals surface area contributed by atoms with Gasteiger partial charge in [0.25, 0.3) is 5.91 Å². The first-order valence-corrected chi connectivity index (χ1v) is 7.90. The van der Waals surface area contributed by atoms with Gasteiger partial charge in [0.05, 0.1) is 5.69 Å². The zero-order valence-corrected chi connectivity index (χ0v) is 13.3. The minimum absolute atomic E-state index is 0.180. The summed E-state index contributed by atoms with van der Waals surface area (Å²) in [7, 11) is 0. The average Bonchev–Trinajstić information content (AvgIpc) is 3.30. The molecule has 4 rings (SSSR count). The van der Waals surface area contributed by atoms with Crippen LogP contribution >= 0.6 is 0 Å². The van der Waals surface area contributed by atoms with Crippen molar-refractivity contribution < 1.29 is 18.0 Å². The van der Waals surface area contributed by atoms with Crippen molar-refractivity contribution in [1.82, 2.24) is 25.0 Å². The molecule has 0 unspecified atom stereocenters. The van der Waals surface area contributed by atoms with Crippen LogP contribution in [0, 0.1) is 0 Å². The van der Waals surface area contributed by atoms with Crippen LogP contribution in [0.4, 0.5) is 19.1 Å². The zero-order chi connectivity index (χ0) is 18.3. The number of nitrogens with one attached hydrogen (secondary N) is 2. The van der Waals surface area contributed by atoms with E-state index in [0.717, 1.165) is 29.8 Å². The van der Waals surface area contributed by atoms with Gasteiger partial charge in [-0.25, -0.2) is 4.68 Å². The predicted molar refractivity (Wildman–Crippen MR) is 84.9 cm³/mol. The number of rotatable bonds is 3. The molecule has 2 heterocycles. The Kier molecular flexibility index (Phi) is 3.74. The maximum Gasteiger partial charge on any atom is 0.451 e. The number of aromatic nitrogens is 5. The molecule has 2 N–H and O–H groups in total. The summed E-state index contributed by atoms with van der Waals surface area (Å²) >= 11 is 0. The third kappa shape index (κ3) is 2.83. The molecule has 1 aromatic carbocycles. The summed E-state index contributed by atoms with van der Waals surface area (Å²) in [4.78, 5) is 15.8. The highest BCUT2D eigenvalue weighted by Gasteiger charge is 2.35. The van der Waals surface area contributed by atoms with E-state index in [2.05, 4.69) is 20.5 Å². The van der Waals surface area contributed by atoms with E-state index in [4.69, 9.17) is 0 Å². The molecule has 0 spiro atoms. The number of anilines is 1. The third-order valence-corrected chi connectivity index (χ3v) is 4.13. The van der Waals surface area contributed by atoms with E-state index in [1.54, 1.807) is 9.78 Å². The first-order chi connectivity index (χ1) is 12.4. The first kappa shape index (κ1) is 16.3. The summed E-state index contributed by atoms with van der Waals surface area (Å²) in [6.07, 6.45) is -2.30. The monoisotopic (exact) mass is 362 g/mol. The Labute approximate surface area is 145 Å². The van der Waals surface area contributed by atoms with Gasteiger partial charge < -0.3 is 0 Å². The second-order valence-electron chi connectivity index (χ2n) is 5.83. The van der Waals surface area contributed by atoms with Crippen molar-refractivity contribution in [1.29, 1.82) is 0 Å². The molecule has 0 atom stereocenters. The lowest BCUT2D eigenvalue weighted by molar-refractivity contribution is -0.144. The molecule has 3 aromatic rings. The van der Waals surface area contributed by atoms with Gasteiger partial charge in [-0.3, -0.25) is 15.2 Å². The number of benzene rings is 1. The minimum atomic E-state index is -4.66. The van der Waals surface area contributed by atoms with Crippen LogP contribution in [0.1, 0.15) is 34.0 Å². The number of H-pyrrole nitrogens is 1. The Bertz CT molecular complexity index is 960. The fraction of sp³-hybridized carbons (Fsp3) is 0.250. The lowest BCUT2D eigenvalue weighted by Crippen LogP contribution is -2.16. The maximum atomic E-state index is 12.6. The molecule has 1 aliphatic carbocycles. The number of alkyl halides is 3. The van der Waals surface area contributed by atoms with Gasteiger partial charge in [0.2, 0.25) is 11.8 Å². The molecule has 0 fully saturated rings. The first-order valence-electron chi connectivity index (χ1n) is 7.90. The fourth-order valence-corrected chi connectivity index (χ4v) is 3.01. The largest absolute Gasteiger partial charge is 0.451 e. The van der Waals surface area contributed by atoms with Gasteiger partial charge in [-0.1, -0.05) is 18.2 Å². The normalized spacial score (nSPS) is 13.7. The Morgan fingerprint density at radius 3 is 2.65 bits per heavy atom. The van der Waals surface area contributed by atoms with Gasteiger partial charge in [-0.15, -0.1) is 5.10 Å². The molecule has 2 aromatic heterocycles. The second kappa shape index (κ2) is 5.97. The van der Waals surface area contributed by atoms with Crippen LogP contribution in [-0.2, 0) is 19.0 Å². The van der Waals surface area contributed by atoms with Crippen LogP contribution in [0.15, 0.2) is 30.3 Å². The number of halogens is 3. The van der Waals surface area contributed by atoms with Crippen LogP contribution in [0.25, 0.3) is 5.69 Å². The van der Waals surface area contributed by atoms with Crippen molar-refractivity contribution >= 4 is 11.9 Å². The van der Waals surface area contributed by atoms with Gasteiger partial charge in [0.15, 0.2) is 5.69 Å². The minimum Gasteiger partial charge on any atom is -0.288 e. The Morgan fingerprint density at radius 1 is 1.19 bits per heavy atom. The molecule has 0 saturated carbocycles. The highest BCUT2D eigenvalue weighted by Crippen LogP contribution is 2.29. The quantitative estimate of drug-likeness (QED) is 0.750. The summed E-state index contributed by atoms with van der Waals surface area (Å²) in [6, 6.07) is 9.35. The standard InChI is InChI=1S/C16H13F3N6O/c17-16(18,19)14-21-15(23-22-14)20-13(26)12-10-7-4-8-11(10)25(24-12)9-5-2-1-3-6-9/h1-3,5-6H,4,7-8H2,(H2,20,21,22,23,26). The molecule has 0 bridgehead atoms. The van der Waals surface area contributed by atoms with E-state index < -0.39 is 23.9 Å². The zero-order valence-electron chi connectivity index (χ0n) is 13.3. The maximum absolute atomic E-state index is 12.6. The van der Waals surface area contributed by atoms with Crippen molar-refractivity contribution in [3.8, 4) is 5.69 Å². The average molecular weight is 362 g/mol. The van der Waals surface area contributed by atoms with E-state index in [-0.39, 0.29) is 5.69 Å².